The average molecular weight is 319 g/mol. The van der Waals surface area contributed by atoms with Gasteiger partial charge in [-0.3, -0.25) is 14.9 Å². The van der Waals surface area contributed by atoms with Gasteiger partial charge in [0, 0.05) is 27.2 Å². The van der Waals surface area contributed by atoms with Crippen LogP contribution in [0.5, 0.6) is 0 Å². The van der Waals surface area contributed by atoms with E-state index in [0.717, 1.165) is 0 Å². The van der Waals surface area contributed by atoms with Crippen molar-refractivity contribution in [2.75, 3.05) is 0 Å². The highest BCUT2D eigenvalue weighted by Gasteiger charge is 2.33. The molecule has 0 spiro atoms. The van der Waals surface area contributed by atoms with Crippen LogP contribution in [0.25, 0.3) is 0 Å². The summed E-state index contributed by atoms with van der Waals surface area (Å²) in [5, 5.41) is 20.2. The van der Waals surface area contributed by atoms with Crippen molar-refractivity contribution in [2.24, 2.45) is 5.73 Å². The molecule has 1 rings (SSSR count). The van der Waals surface area contributed by atoms with Gasteiger partial charge in [-0.15, -0.1) is 11.8 Å². The predicted octanol–water partition coefficient (Wildman–Crippen LogP) is 2.67. The summed E-state index contributed by atoms with van der Waals surface area (Å²) in [7, 11) is 0. The Labute approximate surface area is 125 Å². The van der Waals surface area contributed by atoms with Gasteiger partial charge < -0.3 is 10.8 Å². The Morgan fingerprint density at radius 1 is 1.60 bits per heavy atom. The van der Waals surface area contributed by atoms with Gasteiger partial charge in [-0.1, -0.05) is 11.6 Å². The zero-order valence-electron chi connectivity index (χ0n) is 11.0. The van der Waals surface area contributed by atoms with Crippen LogP contribution in [0.1, 0.15) is 19.4 Å². The van der Waals surface area contributed by atoms with Crippen molar-refractivity contribution in [2.45, 2.75) is 30.4 Å². The number of benzene rings is 1. The second-order valence-electron chi connectivity index (χ2n) is 4.74. The Bertz CT molecular complexity index is 536. The van der Waals surface area contributed by atoms with Crippen LogP contribution in [-0.2, 0) is 10.5 Å². The molecule has 0 bridgehead atoms. The Kier molecular flexibility index (Phi) is 5.38. The number of nitrogens with zero attached hydrogens (tertiary/aromatic N) is 1. The highest BCUT2D eigenvalue weighted by molar-refractivity contribution is 7.99. The molecule has 1 aromatic carbocycles. The Balaban J connectivity index is 2.90. The van der Waals surface area contributed by atoms with Gasteiger partial charge in [0.25, 0.3) is 5.69 Å². The SMILES string of the molecule is CC(C)(SCc1ccc(Cl)cc1[N+](=O)[O-])[C@@H](N)C(=O)O. The fourth-order valence-electron chi connectivity index (χ4n) is 1.48. The third-order valence-corrected chi connectivity index (χ3v) is 4.55. The first-order chi connectivity index (χ1) is 9.15. The van der Waals surface area contributed by atoms with E-state index in [2.05, 4.69) is 0 Å². The number of nitro benzene ring substituents is 1. The summed E-state index contributed by atoms with van der Waals surface area (Å²) in [5.74, 6) is -0.824. The molecular formula is C12H15ClN2O4S. The van der Waals surface area contributed by atoms with Crippen LogP contribution in [0.3, 0.4) is 0 Å². The number of halogens is 1. The number of hydrogen-bond donors (Lipinski definition) is 2. The number of hydrogen-bond acceptors (Lipinski definition) is 5. The van der Waals surface area contributed by atoms with E-state index < -0.39 is 21.7 Å². The minimum absolute atomic E-state index is 0.0790. The first-order valence-corrected chi connectivity index (χ1v) is 7.06. The number of thioether (sulfide) groups is 1. The van der Waals surface area contributed by atoms with Gasteiger partial charge in [-0.2, -0.15) is 0 Å². The summed E-state index contributed by atoms with van der Waals surface area (Å²) in [6.07, 6.45) is 0. The molecule has 8 heteroatoms. The first kappa shape index (κ1) is 16.7. The predicted molar refractivity (Wildman–Crippen MR) is 79.1 cm³/mol. The van der Waals surface area contributed by atoms with Gasteiger partial charge in [0.2, 0.25) is 0 Å². The standard InChI is InChI=1S/C12H15ClN2O4S/c1-12(2,10(14)11(16)17)20-6-7-3-4-8(13)5-9(7)15(18)19/h3-5,10H,6,14H2,1-2H3,(H,16,17)/t10-/m0/s1. The van der Waals surface area contributed by atoms with Crippen molar-refractivity contribution >= 4 is 35.0 Å². The molecule has 0 unspecified atom stereocenters. The highest BCUT2D eigenvalue weighted by atomic mass is 35.5. The maximum absolute atomic E-state index is 11.0. The minimum atomic E-state index is -1.10. The van der Waals surface area contributed by atoms with Gasteiger partial charge in [-0.25, -0.2) is 0 Å². The van der Waals surface area contributed by atoms with Crippen LogP contribution in [-0.4, -0.2) is 26.8 Å². The van der Waals surface area contributed by atoms with Crippen LogP contribution in [0.4, 0.5) is 5.69 Å². The summed E-state index contributed by atoms with van der Waals surface area (Å²) in [6, 6.07) is 3.35. The van der Waals surface area contributed by atoms with E-state index >= 15 is 0 Å². The van der Waals surface area contributed by atoms with Crippen molar-refractivity contribution in [3.8, 4) is 0 Å². The van der Waals surface area contributed by atoms with Crippen molar-refractivity contribution in [3.05, 3.63) is 38.9 Å². The van der Waals surface area contributed by atoms with E-state index in [9.17, 15) is 14.9 Å². The van der Waals surface area contributed by atoms with Crippen LogP contribution in [0, 0.1) is 10.1 Å². The normalized spacial score (nSPS) is 13.0. The molecule has 1 atom stereocenters. The number of nitrogens with two attached hydrogens (primary N) is 1. The van der Waals surface area contributed by atoms with Crippen molar-refractivity contribution in [1.29, 1.82) is 0 Å². The van der Waals surface area contributed by atoms with Gasteiger partial charge in [0.15, 0.2) is 0 Å². The van der Waals surface area contributed by atoms with Gasteiger partial charge in [-0.05, 0) is 26.0 Å². The van der Waals surface area contributed by atoms with E-state index in [4.69, 9.17) is 22.4 Å². The zero-order valence-corrected chi connectivity index (χ0v) is 12.6. The largest absolute Gasteiger partial charge is 0.480 e. The molecule has 0 saturated heterocycles. The van der Waals surface area contributed by atoms with E-state index in [0.29, 0.717) is 5.56 Å². The second kappa shape index (κ2) is 6.43. The number of carboxylic acid groups (broad SMARTS) is 1. The fourth-order valence-corrected chi connectivity index (χ4v) is 2.70. The Morgan fingerprint density at radius 3 is 2.70 bits per heavy atom. The summed E-state index contributed by atoms with van der Waals surface area (Å²) in [5.41, 5.74) is 6.01. The smallest absolute Gasteiger partial charge is 0.321 e. The van der Waals surface area contributed by atoms with E-state index in [-0.39, 0.29) is 16.5 Å². The molecule has 20 heavy (non-hydrogen) atoms. The number of rotatable bonds is 6. The lowest BCUT2D eigenvalue weighted by molar-refractivity contribution is -0.385. The molecule has 0 fully saturated rings. The van der Waals surface area contributed by atoms with E-state index in [1.165, 1.54) is 17.8 Å². The van der Waals surface area contributed by atoms with Crippen LogP contribution >= 0.6 is 23.4 Å². The lowest BCUT2D eigenvalue weighted by atomic mass is 10.1. The molecule has 0 amide bonds. The fraction of sp³-hybridized carbons (Fsp3) is 0.417. The van der Waals surface area contributed by atoms with Crippen LogP contribution < -0.4 is 5.73 Å². The van der Waals surface area contributed by atoms with Gasteiger partial charge in [0.1, 0.15) is 6.04 Å². The van der Waals surface area contributed by atoms with Crippen molar-refractivity contribution < 1.29 is 14.8 Å². The maximum Gasteiger partial charge on any atom is 0.321 e. The number of aliphatic carboxylic acids is 1. The monoisotopic (exact) mass is 318 g/mol. The maximum atomic E-state index is 11.0. The minimum Gasteiger partial charge on any atom is -0.480 e. The number of nitro groups is 1. The summed E-state index contributed by atoms with van der Waals surface area (Å²) < 4.78 is -0.751. The third kappa shape index (κ3) is 4.09. The topological polar surface area (TPSA) is 106 Å². The molecular weight excluding hydrogens is 304 g/mol. The molecule has 0 saturated carbocycles. The van der Waals surface area contributed by atoms with E-state index in [1.807, 2.05) is 0 Å². The molecule has 0 heterocycles. The number of carbonyl (C=O) groups is 1. The molecule has 1 aromatic rings. The Morgan fingerprint density at radius 2 is 2.20 bits per heavy atom. The highest BCUT2D eigenvalue weighted by Crippen LogP contribution is 2.34. The molecule has 0 aliphatic heterocycles. The molecule has 6 nitrogen and oxygen atoms in total. The van der Waals surface area contributed by atoms with Crippen LogP contribution in [0.15, 0.2) is 18.2 Å². The molecule has 0 aliphatic carbocycles. The summed E-state index contributed by atoms with van der Waals surface area (Å²) >= 11 is 6.99. The van der Waals surface area contributed by atoms with Crippen molar-refractivity contribution in [1.82, 2.24) is 0 Å². The second-order valence-corrected chi connectivity index (χ2v) is 6.80. The summed E-state index contributed by atoms with van der Waals surface area (Å²) in [6.45, 7) is 3.39. The first-order valence-electron chi connectivity index (χ1n) is 5.70. The molecule has 3 N–H and O–H groups in total. The lowest BCUT2D eigenvalue weighted by Gasteiger charge is -2.27. The zero-order chi connectivity index (χ0) is 15.5. The molecule has 0 aliphatic rings. The molecule has 110 valence electrons. The quantitative estimate of drug-likeness (QED) is 0.617. The van der Waals surface area contributed by atoms with Gasteiger partial charge in [0.05, 0.1) is 4.92 Å². The lowest BCUT2D eigenvalue weighted by Crippen LogP contribution is -2.46. The van der Waals surface area contributed by atoms with Gasteiger partial charge >= 0.3 is 5.97 Å². The van der Waals surface area contributed by atoms with Crippen molar-refractivity contribution in [3.63, 3.8) is 0 Å². The molecule has 0 aromatic heterocycles. The average Bonchev–Trinajstić information content (AvgIpc) is 2.36. The molecule has 0 radical (unpaired) electrons. The number of carboxylic acids is 1. The Hall–Kier alpha value is -1.31. The summed E-state index contributed by atoms with van der Waals surface area (Å²) in [4.78, 5) is 21.4. The third-order valence-electron chi connectivity index (χ3n) is 2.86. The van der Waals surface area contributed by atoms with E-state index in [1.54, 1.807) is 26.0 Å². The van der Waals surface area contributed by atoms with Crippen LogP contribution in [0.2, 0.25) is 5.02 Å².